The number of halogens is 1. The van der Waals surface area contributed by atoms with E-state index < -0.39 is 0 Å². The lowest BCUT2D eigenvalue weighted by atomic mass is 10.00. The van der Waals surface area contributed by atoms with Crippen LogP contribution in [0.5, 0.6) is 0 Å². The van der Waals surface area contributed by atoms with Crippen molar-refractivity contribution < 1.29 is 0 Å². The molecule has 0 atom stereocenters. The van der Waals surface area contributed by atoms with Gasteiger partial charge in [0.1, 0.15) is 5.15 Å². The normalized spacial score (nSPS) is 10.4. The predicted octanol–water partition coefficient (Wildman–Crippen LogP) is 6.79. The van der Waals surface area contributed by atoms with Crippen LogP contribution in [0.15, 0.2) is 103 Å². The Labute approximate surface area is 163 Å². The van der Waals surface area contributed by atoms with Crippen LogP contribution in [0.1, 0.15) is 0 Å². The van der Waals surface area contributed by atoms with Gasteiger partial charge in [-0.2, -0.15) is 0 Å². The maximum atomic E-state index is 6.11. The topological polar surface area (TPSA) is 25.8 Å². The number of aromatic nitrogens is 2. The molecule has 0 aliphatic rings. The minimum absolute atomic E-state index is 0.556. The van der Waals surface area contributed by atoms with Crippen LogP contribution < -0.4 is 0 Å². The highest BCUT2D eigenvalue weighted by atomic mass is 35.5. The molecule has 3 aromatic carbocycles. The van der Waals surface area contributed by atoms with E-state index in [1.165, 1.54) is 16.5 Å². The van der Waals surface area contributed by atoms with Crippen molar-refractivity contribution in [1.82, 2.24) is 9.97 Å². The third-order valence-corrected chi connectivity index (χ3v) is 4.66. The molecule has 0 amide bonds. The molecule has 0 N–H and O–H groups in total. The maximum Gasteiger partial charge on any atom is 0.136 e. The lowest BCUT2D eigenvalue weighted by Gasteiger charge is -2.07. The van der Waals surface area contributed by atoms with Crippen molar-refractivity contribution in [3.05, 3.63) is 109 Å². The van der Waals surface area contributed by atoms with Gasteiger partial charge in [0.05, 0.1) is 5.52 Å². The van der Waals surface area contributed by atoms with Crippen LogP contribution in [0.2, 0.25) is 5.15 Å². The number of fused-ring (bicyclic) bond motifs is 2. The Bertz CT molecular complexity index is 1120. The third-order valence-electron chi connectivity index (χ3n) is 4.35. The molecule has 5 rings (SSSR count). The molecule has 0 bridgehead atoms. The summed E-state index contributed by atoms with van der Waals surface area (Å²) in [5.74, 6) is 0. The first-order valence-electron chi connectivity index (χ1n) is 8.71. The number of hydrogen-bond acceptors (Lipinski definition) is 2. The van der Waals surface area contributed by atoms with E-state index in [0.717, 1.165) is 16.3 Å². The molecule has 0 spiro atoms. The molecule has 27 heavy (non-hydrogen) atoms. The van der Waals surface area contributed by atoms with E-state index in [0.29, 0.717) is 5.15 Å². The van der Waals surface area contributed by atoms with Gasteiger partial charge < -0.3 is 0 Å². The van der Waals surface area contributed by atoms with Gasteiger partial charge >= 0.3 is 0 Å². The van der Waals surface area contributed by atoms with Gasteiger partial charge in [-0.3, -0.25) is 4.98 Å². The monoisotopic (exact) mass is 368 g/mol. The SMILES string of the molecule is Clc1nccc2c(-c3ccccc3)cccc12.c1ccc2ncccc2c1. The smallest absolute Gasteiger partial charge is 0.136 e. The summed E-state index contributed by atoms with van der Waals surface area (Å²) >= 11 is 6.11. The largest absolute Gasteiger partial charge is 0.256 e. The lowest BCUT2D eigenvalue weighted by Crippen LogP contribution is -1.83. The number of pyridine rings is 2. The number of benzene rings is 3. The van der Waals surface area contributed by atoms with Crippen molar-refractivity contribution in [2.45, 2.75) is 0 Å². The second kappa shape index (κ2) is 7.98. The maximum absolute atomic E-state index is 6.11. The van der Waals surface area contributed by atoms with Gasteiger partial charge in [-0.1, -0.05) is 84.4 Å². The van der Waals surface area contributed by atoms with Gasteiger partial charge in [-0.25, -0.2) is 4.98 Å². The summed E-state index contributed by atoms with van der Waals surface area (Å²) in [6.45, 7) is 0. The quantitative estimate of drug-likeness (QED) is 0.304. The van der Waals surface area contributed by atoms with E-state index in [1.807, 2.05) is 66.9 Å². The Morgan fingerprint density at radius 2 is 1.33 bits per heavy atom. The fraction of sp³-hybridized carbons (Fsp3) is 0. The second-order valence-corrected chi connectivity index (χ2v) is 6.42. The number of para-hydroxylation sites is 1. The summed E-state index contributed by atoms with van der Waals surface area (Å²) in [6.07, 6.45) is 3.56. The third kappa shape index (κ3) is 3.81. The molecule has 5 aromatic rings. The average Bonchev–Trinajstić information content (AvgIpc) is 2.75. The van der Waals surface area contributed by atoms with Crippen LogP contribution in [-0.4, -0.2) is 9.97 Å². The molecule has 0 saturated carbocycles. The van der Waals surface area contributed by atoms with Crippen LogP contribution in [0, 0.1) is 0 Å². The zero-order valence-corrected chi connectivity index (χ0v) is 15.3. The Kier molecular flexibility index (Phi) is 5.08. The number of rotatable bonds is 1. The Hall–Kier alpha value is -3.23. The summed E-state index contributed by atoms with van der Waals surface area (Å²) in [5.41, 5.74) is 3.44. The zero-order valence-electron chi connectivity index (χ0n) is 14.6. The van der Waals surface area contributed by atoms with Crippen molar-refractivity contribution in [1.29, 1.82) is 0 Å². The highest BCUT2D eigenvalue weighted by Gasteiger charge is 2.05. The van der Waals surface area contributed by atoms with Crippen LogP contribution in [-0.2, 0) is 0 Å². The Morgan fingerprint density at radius 3 is 2.19 bits per heavy atom. The molecule has 130 valence electrons. The molecule has 0 fully saturated rings. The van der Waals surface area contributed by atoms with E-state index >= 15 is 0 Å². The van der Waals surface area contributed by atoms with Gasteiger partial charge in [0.2, 0.25) is 0 Å². The molecule has 2 nitrogen and oxygen atoms in total. The first-order valence-corrected chi connectivity index (χ1v) is 9.09. The number of hydrogen-bond donors (Lipinski definition) is 0. The molecule has 3 heteroatoms. The zero-order chi connectivity index (χ0) is 18.5. The molecule has 0 aliphatic carbocycles. The lowest BCUT2D eigenvalue weighted by molar-refractivity contribution is 1.36. The average molecular weight is 369 g/mol. The summed E-state index contributed by atoms with van der Waals surface area (Å²) in [6, 6.07) is 30.5. The van der Waals surface area contributed by atoms with Gasteiger partial charge in [0, 0.05) is 23.2 Å². The molecule has 2 aromatic heterocycles. The van der Waals surface area contributed by atoms with E-state index in [9.17, 15) is 0 Å². The Morgan fingerprint density at radius 1 is 0.556 bits per heavy atom. The summed E-state index contributed by atoms with van der Waals surface area (Å²) < 4.78 is 0. The van der Waals surface area contributed by atoms with Crippen molar-refractivity contribution >= 4 is 33.3 Å². The van der Waals surface area contributed by atoms with Crippen molar-refractivity contribution in [2.75, 3.05) is 0 Å². The first kappa shape index (κ1) is 17.2. The van der Waals surface area contributed by atoms with Crippen LogP contribution in [0.3, 0.4) is 0 Å². The minimum Gasteiger partial charge on any atom is -0.256 e. The summed E-state index contributed by atoms with van der Waals surface area (Å²) in [5, 5.41) is 3.89. The van der Waals surface area contributed by atoms with E-state index in [-0.39, 0.29) is 0 Å². The van der Waals surface area contributed by atoms with Crippen molar-refractivity contribution in [3.63, 3.8) is 0 Å². The highest BCUT2D eigenvalue weighted by Crippen LogP contribution is 2.30. The van der Waals surface area contributed by atoms with Gasteiger partial charge in [-0.15, -0.1) is 0 Å². The molecule has 0 saturated heterocycles. The second-order valence-electron chi connectivity index (χ2n) is 6.06. The number of nitrogens with zero attached hydrogens (tertiary/aromatic N) is 2. The molecule has 0 radical (unpaired) electrons. The summed E-state index contributed by atoms with van der Waals surface area (Å²) in [4.78, 5) is 8.29. The minimum atomic E-state index is 0.556. The predicted molar refractivity (Wildman–Crippen MR) is 114 cm³/mol. The molecule has 0 aliphatic heterocycles. The molecule has 0 unspecified atom stereocenters. The Balaban J connectivity index is 0.000000153. The van der Waals surface area contributed by atoms with Crippen LogP contribution in [0.4, 0.5) is 0 Å². The molecular weight excluding hydrogens is 352 g/mol. The van der Waals surface area contributed by atoms with Crippen LogP contribution >= 0.6 is 11.6 Å². The van der Waals surface area contributed by atoms with E-state index in [1.54, 1.807) is 6.20 Å². The van der Waals surface area contributed by atoms with Gasteiger partial charge in [0.25, 0.3) is 0 Å². The fourth-order valence-electron chi connectivity index (χ4n) is 3.06. The van der Waals surface area contributed by atoms with Crippen LogP contribution in [0.25, 0.3) is 32.8 Å². The van der Waals surface area contributed by atoms with Gasteiger partial charge in [0.15, 0.2) is 0 Å². The van der Waals surface area contributed by atoms with Gasteiger partial charge in [-0.05, 0) is 34.7 Å². The molecule has 2 heterocycles. The summed E-state index contributed by atoms with van der Waals surface area (Å²) in [7, 11) is 0. The fourth-order valence-corrected chi connectivity index (χ4v) is 3.28. The first-order chi connectivity index (χ1) is 13.3. The van der Waals surface area contributed by atoms with Crippen molar-refractivity contribution in [2.24, 2.45) is 0 Å². The highest BCUT2D eigenvalue weighted by molar-refractivity contribution is 6.34. The molecular formula is C24H17ClN2. The van der Waals surface area contributed by atoms with E-state index in [2.05, 4.69) is 40.3 Å². The van der Waals surface area contributed by atoms with Crippen molar-refractivity contribution in [3.8, 4) is 11.1 Å². The van der Waals surface area contributed by atoms with E-state index in [4.69, 9.17) is 11.6 Å². The standard InChI is InChI=1S/C15H10ClN.C9H7N/c16-15-14-8-4-7-12(13(14)9-10-17-15)11-5-2-1-3-6-11;1-2-6-9-8(4-1)5-3-7-10-9/h1-10H;1-7H.